The maximum absolute atomic E-state index is 10.1. The summed E-state index contributed by atoms with van der Waals surface area (Å²) in [7, 11) is 0. The minimum atomic E-state index is -1.29. The van der Waals surface area contributed by atoms with Crippen LogP contribution in [0.4, 0.5) is 0 Å². The van der Waals surface area contributed by atoms with Crippen molar-refractivity contribution >= 4 is 0 Å². The molecule has 0 bridgehead atoms. The van der Waals surface area contributed by atoms with Gasteiger partial charge in [-0.3, -0.25) is 10.6 Å². The first-order chi connectivity index (χ1) is 8.54. The SMILES string of the molecule is C=CC(O)N1CNCNC1(C(O)C=C)C(O)C=C. The van der Waals surface area contributed by atoms with Crippen LogP contribution in [0.1, 0.15) is 0 Å². The van der Waals surface area contributed by atoms with Crippen LogP contribution in [0, 0.1) is 0 Å². The molecule has 0 saturated carbocycles. The number of nitrogens with zero attached hydrogens (tertiary/aromatic N) is 1. The molecule has 0 amide bonds. The summed E-state index contributed by atoms with van der Waals surface area (Å²) in [4.78, 5) is 1.46. The third kappa shape index (κ3) is 2.39. The van der Waals surface area contributed by atoms with Gasteiger partial charge in [-0.1, -0.05) is 18.7 Å². The fourth-order valence-electron chi connectivity index (χ4n) is 2.14. The van der Waals surface area contributed by atoms with Crippen LogP contribution in [-0.2, 0) is 0 Å². The summed E-state index contributed by atoms with van der Waals surface area (Å²) in [6.07, 6.45) is 0.690. The Labute approximate surface area is 107 Å². The van der Waals surface area contributed by atoms with Gasteiger partial charge >= 0.3 is 0 Å². The van der Waals surface area contributed by atoms with E-state index in [1.807, 2.05) is 0 Å². The summed E-state index contributed by atoms with van der Waals surface area (Å²) in [6, 6.07) is 0. The van der Waals surface area contributed by atoms with Gasteiger partial charge in [0, 0.05) is 6.67 Å². The largest absolute Gasteiger partial charge is 0.386 e. The highest BCUT2D eigenvalue weighted by Gasteiger charge is 2.50. The molecule has 0 radical (unpaired) electrons. The van der Waals surface area contributed by atoms with E-state index in [4.69, 9.17) is 0 Å². The van der Waals surface area contributed by atoms with E-state index in [9.17, 15) is 15.3 Å². The van der Waals surface area contributed by atoms with Gasteiger partial charge < -0.3 is 15.3 Å². The maximum Gasteiger partial charge on any atom is 0.136 e. The quantitative estimate of drug-likeness (QED) is 0.379. The first-order valence-corrected chi connectivity index (χ1v) is 5.69. The van der Waals surface area contributed by atoms with Crippen LogP contribution in [0.25, 0.3) is 0 Å². The van der Waals surface area contributed by atoms with E-state index in [1.165, 1.54) is 23.1 Å². The van der Waals surface area contributed by atoms with E-state index < -0.39 is 24.1 Å². The van der Waals surface area contributed by atoms with Crippen molar-refractivity contribution in [1.82, 2.24) is 15.5 Å². The second kappa shape index (κ2) is 6.24. The van der Waals surface area contributed by atoms with E-state index >= 15 is 0 Å². The van der Waals surface area contributed by atoms with Crippen molar-refractivity contribution in [3.63, 3.8) is 0 Å². The minimum absolute atomic E-state index is 0.274. The molecular weight excluding hydrogens is 234 g/mol. The summed E-state index contributed by atoms with van der Waals surface area (Å²) in [5, 5.41) is 36.2. The molecule has 0 aliphatic carbocycles. The highest BCUT2D eigenvalue weighted by atomic mass is 16.3. The molecule has 6 nitrogen and oxygen atoms in total. The van der Waals surface area contributed by atoms with E-state index in [0.29, 0.717) is 6.67 Å². The Morgan fingerprint density at radius 3 is 2.06 bits per heavy atom. The van der Waals surface area contributed by atoms with Gasteiger partial charge in [-0.25, -0.2) is 4.90 Å². The number of hydrogen-bond acceptors (Lipinski definition) is 6. The zero-order valence-corrected chi connectivity index (χ0v) is 10.3. The molecule has 0 spiro atoms. The van der Waals surface area contributed by atoms with E-state index in [1.54, 1.807) is 0 Å². The summed E-state index contributed by atoms with van der Waals surface area (Å²) >= 11 is 0. The lowest BCUT2D eigenvalue weighted by atomic mass is 9.92. The molecule has 1 saturated heterocycles. The van der Waals surface area contributed by atoms with Crippen LogP contribution < -0.4 is 10.6 Å². The Balaban J connectivity index is 3.21. The number of hydrogen-bond donors (Lipinski definition) is 5. The number of aliphatic hydroxyl groups excluding tert-OH is 3. The number of aliphatic hydroxyl groups is 3. The molecule has 3 atom stereocenters. The van der Waals surface area contributed by atoms with Gasteiger partial charge in [-0.05, 0) is 6.08 Å². The lowest BCUT2D eigenvalue weighted by molar-refractivity contribution is -0.162. The standard InChI is InChI=1S/C12H21N3O3/c1-4-9(16)12(10(17)5-2)14-7-13-8-15(12)11(18)6-3/h4-6,9-11,13-14,16-18H,1-3,7-8H2. The van der Waals surface area contributed by atoms with Crippen molar-refractivity contribution in [1.29, 1.82) is 0 Å². The zero-order chi connectivity index (χ0) is 13.8. The van der Waals surface area contributed by atoms with Gasteiger partial charge in [0.2, 0.25) is 0 Å². The lowest BCUT2D eigenvalue weighted by Crippen LogP contribution is -2.78. The second-order valence-corrected chi connectivity index (χ2v) is 4.07. The summed E-state index contributed by atoms with van der Waals surface area (Å²) in [6.45, 7) is 11.2. The Kier molecular flexibility index (Phi) is 5.21. The van der Waals surface area contributed by atoms with Crippen molar-refractivity contribution in [3.05, 3.63) is 38.0 Å². The van der Waals surface area contributed by atoms with Crippen molar-refractivity contribution in [2.45, 2.75) is 24.1 Å². The summed E-state index contributed by atoms with van der Waals surface area (Å²) in [5.74, 6) is 0. The maximum atomic E-state index is 10.1. The summed E-state index contributed by atoms with van der Waals surface area (Å²) in [5.41, 5.74) is -1.29. The molecule has 1 aliphatic heterocycles. The summed E-state index contributed by atoms with van der Waals surface area (Å²) < 4.78 is 0. The molecule has 3 unspecified atom stereocenters. The van der Waals surface area contributed by atoms with Crippen LogP contribution in [-0.4, -0.2) is 57.7 Å². The molecule has 1 heterocycles. The second-order valence-electron chi connectivity index (χ2n) is 4.07. The van der Waals surface area contributed by atoms with Crippen molar-refractivity contribution < 1.29 is 15.3 Å². The van der Waals surface area contributed by atoms with Gasteiger partial charge in [-0.2, -0.15) is 0 Å². The van der Waals surface area contributed by atoms with E-state index in [0.717, 1.165) is 0 Å². The van der Waals surface area contributed by atoms with Gasteiger partial charge in [0.05, 0.1) is 6.67 Å². The van der Waals surface area contributed by atoms with Crippen LogP contribution in [0.15, 0.2) is 38.0 Å². The van der Waals surface area contributed by atoms with Gasteiger partial charge in [-0.15, -0.1) is 13.2 Å². The van der Waals surface area contributed by atoms with Gasteiger partial charge in [0.25, 0.3) is 0 Å². The predicted octanol–water partition coefficient (Wildman–Crippen LogP) is -1.31. The van der Waals surface area contributed by atoms with Crippen molar-refractivity contribution in [2.24, 2.45) is 0 Å². The predicted molar refractivity (Wildman–Crippen MR) is 69.2 cm³/mol. The molecular formula is C12H21N3O3. The topological polar surface area (TPSA) is 88.0 Å². The normalized spacial score (nSPS) is 30.2. The first-order valence-electron chi connectivity index (χ1n) is 5.69. The number of rotatable bonds is 6. The van der Waals surface area contributed by atoms with Crippen molar-refractivity contribution in [3.8, 4) is 0 Å². The molecule has 1 rings (SSSR count). The average molecular weight is 255 g/mol. The molecule has 1 aliphatic rings. The number of nitrogens with one attached hydrogen (secondary N) is 2. The zero-order valence-electron chi connectivity index (χ0n) is 10.3. The third-order valence-corrected chi connectivity index (χ3v) is 3.13. The first kappa shape index (κ1) is 15.0. The van der Waals surface area contributed by atoms with Crippen molar-refractivity contribution in [2.75, 3.05) is 13.3 Å². The molecule has 102 valence electrons. The Bertz CT molecular complexity index is 308. The molecule has 6 heteroatoms. The van der Waals surface area contributed by atoms with Crippen LogP contribution in [0.5, 0.6) is 0 Å². The average Bonchev–Trinajstić information content (AvgIpc) is 2.44. The fourth-order valence-corrected chi connectivity index (χ4v) is 2.14. The van der Waals surface area contributed by atoms with Gasteiger partial charge in [0.15, 0.2) is 0 Å². The Morgan fingerprint density at radius 2 is 1.61 bits per heavy atom. The fraction of sp³-hybridized carbons (Fsp3) is 0.500. The van der Waals surface area contributed by atoms with Crippen LogP contribution >= 0.6 is 0 Å². The monoisotopic (exact) mass is 255 g/mol. The smallest absolute Gasteiger partial charge is 0.136 e. The molecule has 0 aromatic carbocycles. The Morgan fingerprint density at radius 1 is 1.06 bits per heavy atom. The highest BCUT2D eigenvalue weighted by molar-refractivity contribution is 5.13. The molecule has 18 heavy (non-hydrogen) atoms. The minimum Gasteiger partial charge on any atom is -0.386 e. The van der Waals surface area contributed by atoms with E-state index in [-0.39, 0.29) is 6.67 Å². The van der Waals surface area contributed by atoms with E-state index in [2.05, 4.69) is 30.4 Å². The molecule has 0 aromatic rings. The Hall–Kier alpha value is -1.02. The van der Waals surface area contributed by atoms with Gasteiger partial charge in [0.1, 0.15) is 24.1 Å². The molecule has 0 aromatic heterocycles. The van der Waals surface area contributed by atoms with Crippen LogP contribution in [0.2, 0.25) is 0 Å². The highest BCUT2D eigenvalue weighted by Crippen LogP contribution is 2.26. The lowest BCUT2D eigenvalue weighted by Gasteiger charge is -2.52. The van der Waals surface area contributed by atoms with Crippen LogP contribution in [0.3, 0.4) is 0 Å². The third-order valence-electron chi connectivity index (χ3n) is 3.13. The molecule has 5 N–H and O–H groups in total. The molecule has 1 fully saturated rings.